The Kier molecular flexibility index (Phi) is 5.54. The second-order valence-corrected chi connectivity index (χ2v) is 6.05. The molecule has 2 aromatic rings. The summed E-state index contributed by atoms with van der Waals surface area (Å²) in [6.45, 7) is -0.269. The lowest BCUT2D eigenvalue weighted by atomic mass is 10.2. The van der Waals surface area contributed by atoms with Crippen molar-refractivity contribution in [3.63, 3.8) is 0 Å². The van der Waals surface area contributed by atoms with Crippen LogP contribution in [-0.2, 0) is 20.7 Å². The van der Waals surface area contributed by atoms with Gasteiger partial charge in [0.1, 0.15) is 0 Å². The van der Waals surface area contributed by atoms with E-state index in [9.17, 15) is 9.59 Å². The molecule has 0 aliphatic heterocycles. The van der Waals surface area contributed by atoms with E-state index in [2.05, 4.69) is 27.9 Å². The van der Waals surface area contributed by atoms with Crippen LogP contribution in [0.2, 0.25) is 0 Å². The lowest BCUT2D eigenvalue weighted by Crippen LogP contribution is -2.21. The molecule has 0 saturated carbocycles. The summed E-state index contributed by atoms with van der Waals surface area (Å²) in [7, 11) is 0. The van der Waals surface area contributed by atoms with Gasteiger partial charge in [-0.1, -0.05) is 0 Å². The fourth-order valence-corrected chi connectivity index (χ4v) is 2.52. The van der Waals surface area contributed by atoms with Gasteiger partial charge in [-0.25, -0.2) is 0 Å². The number of ether oxygens (including phenoxy) is 1. The van der Waals surface area contributed by atoms with E-state index in [1.807, 2.05) is 29.0 Å². The highest BCUT2D eigenvalue weighted by atomic mass is 127. The first-order chi connectivity index (χ1) is 9.63. The highest BCUT2D eigenvalue weighted by Gasteiger charge is 2.09. The van der Waals surface area contributed by atoms with Gasteiger partial charge >= 0.3 is 5.97 Å². The molecule has 0 unspecified atom stereocenters. The van der Waals surface area contributed by atoms with Crippen molar-refractivity contribution in [1.82, 2.24) is 0 Å². The molecule has 0 bridgehead atoms. The third-order valence-corrected chi connectivity index (χ3v) is 3.87. The summed E-state index contributed by atoms with van der Waals surface area (Å²) in [5.41, 5.74) is 1.59. The molecule has 0 radical (unpaired) electrons. The predicted octanol–water partition coefficient (Wildman–Crippen LogP) is 3.08. The van der Waals surface area contributed by atoms with Gasteiger partial charge in [-0.15, -0.1) is 0 Å². The molecule has 0 aliphatic carbocycles. The first-order valence-corrected chi connectivity index (χ1v) is 7.88. The summed E-state index contributed by atoms with van der Waals surface area (Å²) < 4.78 is 6.01. The number of thiophene rings is 1. The Morgan fingerprint density at radius 2 is 1.95 bits per heavy atom. The standard InChI is InChI=1S/C14H12INO3S/c15-11-1-3-12(4-2-11)16-13(17)8-19-14(18)7-10-5-6-20-9-10/h1-6,9H,7-8H2,(H,16,17). The van der Waals surface area contributed by atoms with E-state index in [4.69, 9.17) is 4.74 Å². The molecule has 2 rings (SSSR count). The molecule has 0 spiro atoms. The van der Waals surface area contributed by atoms with E-state index in [0.717, 1.165) is 9.13 Å². The molecule has 6 heteroatoms. The number of hydrogen-bond donors (Lipinski definition) is 1. The number of rotatable bonds is 5. The van der Waals surface area contributed by atoms with Crippen LogP contribution in [0.25, 0.3) is 0 Å². The number of benzene rings is 1. The maximum Gasteiger partial charge on any atom is 0.310 e. The van der Waals surface area contributed by atoms with E-state index in [-0.39, 0.29) is 18.9 Å². The SMILES string of the molecule is O=C(COC(=O)Cc1ccsc1)Nc1ccc(I)cc1. The number of amides is 1. The molecule has 1 aromatic heterocycles. The zero-order valence-corrected chi connectivity index (χ0v) is 13.4. The van der Waals surface area contributed by atoms with Crippen LogP contribution in [0, 0.1) is 3.57 Å². The Bertz CT molecular complexity index is 581. The minimum atomic E-state index is -0.402. The molecule has 1 heterocycles. The van der Waals surface area contributed by atoms with Gasteiger partial charge in [0.15, 0.2) is 6.61 Å². The fraction of sp³-hybridized carbons (Fsp3) is 0.143. The normalized spacial score (nSPS) is 10.1. The van der Waals surface area contributed by atoms with Gasteiger partial charge in [0.2, 0.25) is 0 Å². The molecule has 0 fully saturated rings. The number of esters is 1. The van der Waals surface area contributed by atoms with Gasteiger partial charge in [0.25, 0.3) is 5.91 Å². The van der Waals surface area contributed by atoms with Gasteiger partial charge in [-0.05, 0) is 69.2 Å². The summed E-state index contributed by atoms with van der Waals surface area (Å²) in [6.07, 6.45) is 0.195. The number of nitrogens with one attached hydrogen (secondary N) is 1. The van der Waals surface area contributed by atoms with E-state index >= 15 is 0 Å². The molecule has 0 aliphatic rings. The average molecular weight is 401 g/mol. The fourth-order valence-electron chi connectivity index (χ4n) is 1.49. The monoisotopic (exact) mass is 401 g/mol. The first-order valence-electron chi connectivity index (χ1n) is 5.85. The van der Waals surface area contributed by atoms with Crippen molar-refractivity contribution in [2.75, 3.05) is 11.9 Å². The third kappa shape index (κ3) is 4.93. The van der Waals surface area contributed by atoms with E-state index in [1.54, 1.807) is 12.1 Å². The van der Waals surface area contributed by atoms with Crippen molar-refractivity contribution in [3.05, 3.63) is 50.2 Å². The maximum absolute atomic E-state index is 11.6. The highest BCUT2D eigenvalue weighted by Crippen LogP contribution is 2.11. The van der Waals surface area contributed by atoms with Crippen LogP contribution in [0.1, 0.15) is 5.56 Å². The van der Waals surface area contributed by atoms with Gasteiger partial charge in [0.05, 0.1) is 6.42 Å². The molecular weight excluding hydrogens is 389 g/mol. The molecule has 1 amide bonds. The quantitative estimate of drug-likeness (QED) is 0.619. The molecular formula is C14H12INO3S. The van der Waals surface area contributed by atoms with E-state index in [0.29, 0.717) is 5.69 Å². The van der Waals surface area contributed by atoms with Crippen molar-refractivity contribution in [2.24, 2.45) is 0 Å². The minimum Gasteiger partial charge on any atom is -0.455 e. The molecule has 0 atom stereocenters. The molecule has 104 valence electrons. The van der Waals surface area contributed by atoms with Crippen LogP contribution < -0.4 is 5.32 Å². The Morgan fingerprint density at radius 1 is 1.20 bits per heavy atom. The zero-order chi connectivity index (χ0) is 14.4. The Labute approximate surface area is 134 Å². The molecule has 1 aromatic carbocycles. The predicted molar refractivity (Wildman–Crippen MR) is 86.8 cm³/mol. The average Bonchev–Trinajstić information content (AvgIpc) is 2.92. The molecule has 1 N–H and O–H groups in total. The first kappa shape index (κ1) is 15.0. The lowest BCUT2D eigenvalue weighted by Gasteiger charge is -2.06. The van der Waals surface area contributed by atoms with Gasteiger partial charge in [-0.3, -0.25) is 9.59 Å². The summed E-state index contributed by atoms with van der Waals surface area (Å²) in [5.74, 6) is -0.744. The zero-order valence-electron chi connectivity index (χ0n) is 10.5. The van der Waals surface area contributed by atoms with Crippen LogP contribution in [0.4, 0.5) is 5.69 Å². The summed E-state index contributed by atoms with van der Waals surface area (Å²) in [4.78, 5) is 23.1. The molecule has 20 heavy (non-hydrogen) atoms. The molecule has 4 nitrogen and oxygen atoms in total. The lowest BCUT2D eigenvalue weighted by molar-refractivity contribution is -0.146. The number of carbonyl (C=O) groups is 2. The van der Waals surface area contributed by atoms with Crippen LogP contribution >= 0.6 is 33.9 Å². The van der Waals surface area contributed by atoms with Crippen LogP contribution in [0.15, 0.2) is 41.1 Å². The van der Waals surface area contributed by atoms with Crippen molar-refractivity contribution < 1.29 is 14.3 Å². The number of hydrogen-bond acceptors (Lipinski definition) is 4. The smallest absolute Gasteiger partial charge is 0.310 e. The van der Waals surface area contributed by atoms with Gasteiger partial charge < -0.3 is 10.1 Å². The second-order valence-electron chi connectivity index (χ2n) is 4.02. The van der Waals surface area contributed by atoms with E-state index in [1.165, 1.54) is 11.3 Å². The number of halogens is 1. The minimum absolute atomic E-state index is 0.195. The third-order valence-electron chi connectivity index (χ3n) is 2.42. The summed E-state index contributed by atoms with van der Waals surface area (Å²) >= 11 is 3.71. The molecule has 0 saturated heterocycles. The van der Waals surface area contributed by atoms with Crippen molar-refractivity contribution in [1.29, 1.82) is 0 Å². The van der Waals surface area contributed by atoms with Crippen molar-refractivity contribution in [3.8, 4) is 0 Å². The van der Waals surface area contributed by atoms with Crippen molar-refractivity contribution >= 4 is 51.5 Å². The Morgan fingerprint density at radius 3 is 2.60 bits per heavy atom. The van der Waals surface area contributed by atoms with Gasteiger partial charge in [-0.2, -0.15) is 11.3 Å². The Balaban J connectivity index is 1.74. The van der Waals surface area contributed by atoms with Crippen LogP contribution in [-0.4, -0.2) is 18.5 Å². The number of carbonyl (C=O) groups excluding carboxylic acids is 2. The van der Waals surface area contributed by atoms with Crippen LogP contribution in [0.3, 0.4) is 0 Å². The largest absolute Gasteiger partial charge is 0.455 e. The highest BCUT2D eigenvalue weighted by molar-refractivity contribution is 14.1. The van der Waals surface area contributed by atoms with Crippen molar-refractivity contribution in [2.45, 2.75) is 6.42 Å². The number of anilines is 1. The summed E-state index contributed by atoms with van der Waals surface area (Å²) in [6, 6.07) is 9.23. The van der Waals surface area contributed by atoms with E-state index < -0.39 is 5.97 Å². The second kappa shape index (κ2) is 7.39. The summed E-state index contributed by atoms with van der Waals surface area (Å²) in [5, 5.41) is 6.44. The van der Waals surface area contributed by atoms with Crippen LogP contribution in [0.5, 0.6) is 0 Å². The topological polar surface area (TPSA) is 55.4 Å². The Hall–Kier alpha value is -1.41. The maximum atomic E-state index is 11.6. The van der Waals surface area contributed by atoms with Gasteiger partial charge in [0, 0.05) is 9.26 Å².